The molecular weight excluding hydrogens is 466 g/mol. The molecular formula is C29H49N5OS. The van der Waals surface area contributed by atoms with Crippen LogP contribution in [-0.2, 0) is 4.74 Å². The summed E-state index contributed by atoms with van der Waals surface area (Å²) < 4.78 is 10.8. The first-order chi connectivity index (χ1) is 17.3. The van der Waals surface area contributed by atoms with Gasteiger partial charge in [-0.2, -0.15) is 0 Å². The number of fused-ring (bicyclic) bond motifs is 6. The second-order valence-electron chi connectivity index (χ2n) is 12.5. The molecule has 3 N–H and O–H groups in total. The molecule has 3 saturated heterocycles. The standard InChI is InChI=1S/C29H49N5OS/c1-19(2)12-23-16-33(5)17-24-18-34(23)15-22-10-7-11-25(13-22)36-32-29-30-26(14-27(31-29)35-24)28-20(3)8-6-9-21(28)4/h6,8-9,19,22-27,29-32H,7,10-18H2,1-5H3/t22?,23-,24+,25?,26?,27?,29?/m0/s1. The van der Waals surface area contributed by atoms with Crippen LogP contribution in [-0.4, -0.2) is 72.9 Å². The van der Waals surface area contributed by atoms with Crippen LogP contribution in [0.2, 0.25) is 0 Å². The fourth-order valence-corrected chi connectivity index (χ4v) is 8.33. The van der Waals surface area contributed by atoms with E-state index < -0.39 is 0 Å². The predicted octanol–water partition coefficient (Wildman–Crippen LogP) is 4.39. The maximum Gasteiger partial charge on any atom is 0.123 e. The summed E-state index contributed by atoms with van der Waals surface area (Å²) in [4.78, 5) is 5.36. The van der Waals surface area contributed by atoms with Crippen molar-refractivity contribution in [2.45, 2.75) is 102 Å². The van der Waals surface area contributed by atoms with Gasteiger partial charge in [-0.05, 0) is 75.1 Å². The Balaban J connectivity index is 1.42. The van der Waals surface area contributed by atoms with Crippen molar-refractivity contribution >= 4 is 11.9 Å². The van der Waals surface area contributed by atoms with Gasteiger partial charge in [-0.25, -0.2) is 4.72 Å². The maximum absolute atomic E-state index is 6.97. The number of nitrogens with one attached hydrogen (secondary N) is 3. The van der Waals surface area contributed by atoms with Gasteiger partial charge in [0.25, 0.3) is 0 Å². The molecule has 0 aromatic heterocycles. The van der Waals surface area contributed by atoms with Gasteiger partial charge in [-0.1, -0.05) is 50.4 Å². The molecule has 6 bridgehead atoms. The lowest BCUT2D eigenvalue weighted by atomic mass is 9.87. The molecule has 1 aromatic carbocycles. The van der Waals surface area contributed by atoms with Gasteiger partial charge in [0.05, 0.1) is 6.10 Å². The Bertz CT molecular complexity index is 848. The molecule has 8 atom stereocenters. The normalized spacial score (nSPS) is 38.5. The van der Waals surface area contributed by atoms with Crippen molar-refractivity contribution in [1.29, 1.82) is 0 Å². The van der Waals surface area contributed by atoms with E-state index in [1.165, 1.54) is 55.3 Å². The molecule has 3 aliphatic heterocycles. The van der Waals surface area contributed by atoms with Crippen LogP contribution in [0.15, 0.2) is 18.2 Å². The molecule has 0 amide bonds. The van der Waals surface area contributed by atoms with Crippen LogP contribution in [0.25, 0.3) is 0 Å². The highest BCUT2D eigenvalue weighted by Gasteiger charge is 2.37. The molecule has 1 saturated carbocycles. The quantitative estimate of drug-likeness (QED) is 0.516. The Morgan fingerprint density at radius 2 is 1.83 bits per heavy atom. The fourth-order valence-electron chi connectivity index (χ4n) is 7.21. The van der Waals surface area contributed by atoms with Crippen LogP contribution in [0.1, 0.15) is 75.1 Å². The van der Waals surface area contributed by atoms with Crippen LogP contribution in [0, 0.1) is 25.7 Å². The third-order valence-electron chi connectivity index (χ3n) is 8.73. The van der Waals surface area contributed by atoms with Gasteiger partial charge in [0.15, 0.2) is 0 Å². The lowest BCUT2D eigenvalue weighted by Gasteiger charge is -2.40. The molecule has 1 aromatic rings. The molecule has 0 spiro atoms. The van der Waals surface area contributed by atoms with E-state index in [1.54, 1.807) is 0 Å². The molecule has 4 aliphatic rings. The summed E-state index contributed by atoms with van der Waals surface area (Å²) in [7, 11) is 2.29. The summed E-state index contributed by atoms with van der Waals surface area (Å²) in [6, 6.07) is 7.56. The fraction of sp³-hybridized carbons (Fsp3) is 0.793. The smallest absolute Gasteiger partial charge is 0.123 e. The van der Waals surface area contributed by atoms with Crippen molar-refractivity contribution < 1.29 is 4.74 Å². The molecule has 36 heavy (non-hydrogen) atoms. The van der Waals surface area contributed by atoms with Crippen LogP contribution in [0.3, 0.4) is 0 Å². The zero-order valence-electron chi connectivity index (χ0n) is 23.1. The SMILES string of the molecule is Cc1cccc(C)c1C1CC2NC(NSC3CCCC(C3)CN3C[C@@H](CN(C)C[C@@H]3CC(C)C)O2)N1. The lowest BCUT2D eigenvalue weighted by molar-refractivity contribution is -0.0759. The number of nitrogens with zero attached hydrogens (tertiary/aromatic N) is 2. The van der Waals surface area contributed by atoms with Crippen LogP contribution in [0.5, 0.6) is 0 Å². The summed E-state index contributed by atoms with van der Waals surface area (Å²) in [6.07, 6.45) is 7.86. The van der Waals surface area contributed by atoms with Crippen LogP contribution in [0.4, 0.5) is 0 Å². The van der Waals surface area contributed by atoms with Crippen molar-refractivity contribution in [3.8, 4) is 0 Å². The molecule has 7 heteroatoms. The first-order valence-electron chi connectivity index (χ1n) is 14.4. The molecule has 202 valence electrons. The van der Waals surface area contributed by atoms with Gasteiger partial charge in [0.1, 0.15) is 12.5 Å². The summed E-state index contributed by atoms with van der Waals surface area (Å²) in [5, 5.41) is 8.35. The van der Waals surface area contributed by atoms with Crippen molar-refractivity contribution in [3.63, 3.8) is 0 Å². The number of benzene rings is 1. The van der Waals surface area contributed by atoms with Gasteiger partial charge in [-0.3, -0.25) is 15.5 Å². The highest BCUT2D eigenvalue weighted by molar-refractivity contribution is 7.98. The number of hydrogen-bond acceptors (Lipinski definition) is 7. The van der Waals surface area contributed by atoms with Gasteiger partial charge in [-0.15, -0.1) is 0 Å². The summed E-state index contributed by atoms with van der Waals surface area (Å²) in [5.41, 5.74) is 4.16. The number of aryl methyl sites for hydroxylation is 2. The van der Waals surface area contributed by atoms with E-state index in [1.807, 2.05) is 11.9 Å². The Morgan fingerprint density at radius 1 is 1.03 bits per heavy atom. The summed E-state index contributed by atoms with van der Waals surface area (Å²) in [6.45, 7) is 13.7. The Kier molecular flexibility index (Phi) is 8.99. The van der Waals surface area contributed by atoms with E-state index in [2.05, 4.69) is 78.1 Å². The van der Waals surface area contributed by atoms with Crippen molar-refractivity contribution in [1.82, 2.24) is 25.2 Å². The topological polar surface area (TPSA) is 51.8 Å². The van der Waals surface area contributed by atoms with E-state index in [0.29, 0.717) is 17.2 Å². The largest absolute Gasteiger partial charge is 0.357 e. The lowest BCUT2D eigenvalue weighted by Crippen LogP contribution is -2.61. The molecule has 1 aliphatic carbocycles. The second-order valence-corrected chi connectivity index (χ2v) is 13.6. The molecule has 4 fully saturated rings. The Morgan fingerprint density at radius 3 is 2.61 bits per heavy atom. The van der Waals surface area contributed by atoms with Crippen LogP contribution >= 0.6 is 11.9 Å². The zero-order valence-corrected chi connectivity index (χ0v) is 23.9. The molecule has 6 nitrogen and oxygen atoms in total. The van der Waals surface area contributed by atoms with Gasteiger partial charge in [0.2, 0.25) is 0 Å². The average molecular weight is 516 g/mol. The summed E-state index contributed by atoms with van der Waals surface area (Å²) in [5.74, 6) is 1.51. The number of rotatable bonds is 3. The van der Waals surface area contributed by atoms with Crippen molar-refractivity contribution in [3.05, 3.63) is 34.9 Å². The van der Waals surface area contributed by atoms with Crippen molar-refractivity contribution in [2.24, 2.45) is 11.8 Å². The van der Waals surface area contributed by atoms with Crippen LogP contribution < -0.4 is 15.4 Å². The third-order valence-corrected chi connectivity index (χ3v) is 9.87. The average Bonchev–Trinajstić information content (AvgIpc) is 2.94. The summed E-state index contributed by atoms with van der Waals surface area (Å²) >= 11 is 1.96. The number of ether oxygens (including phenoxy) is 1. The second kappa shape index (κ2) is 12.0. The molecule has 3 heterocycles. The van der Waals surface area contributed by atoms with E-state index in [4.69, 9.17) is 4.74 Å². The first-order valence-corrected chi connectivity index (χ1v) is 15.3. The number of likely N-dealkylation sites (N-methyl/N-ethyl adjacent to an activating group) is 1. The van der Waals surface area contributed by atoms with E-state index in [9.17, 15) is 0 Å². The maximum atomic E-state index is 6.97. The van der Waals surface area contributed by atoms with Gasteiger partial charge in [0, 0.05) is 49.9 Å². The highest BCUT2D eigenvalue weighted by Crippen LogP contribution is 2.35. The van der Waals surface area contributed by atoms with E-state index in [-0.39, 0.29) is 24.7 Å². The Labute approximate surface area is 223 Å². The number of hydrogen-bond donors (Lipinski definition) is 3. The van der Waals surface area contributed by atoms with Gasteiger partial charge >= 0.3 is 0 Å². The highest BCUT2D eigenvalue weighted by atomic mass is 32.2. The van der Waals surface area contributed by atoms with E-state index in [0.717, 1.165) is 32.0 Å². The minimum absolute atomic E-state index is 0.0235. The molecule has 0 radical (unpaired) electrons. The van der Waals surface area contributed by atoms with Crippen molar-refractivity contribution in [2.75, 3.05) is 33.2 Å². The van der Waals surface area contributed by atoms with Gasteiger partial charge < -0.3 is 9.64 Å². The molecule has 5 rings (SSSR count). The predicted molar refractivity (Wildman–Crippen MR) is 151 cm³/mol. The monoisotopic (exact) mass is 515 g/mol. The third kappa shape index (κ3) is 6.66. The van der Waals surface area contributed by atoms with E-state index >= 15 is 0 Å². The Hall–Kier alpha value is -0.670. The minimum atomic E-state index is 0.0235. The minimum Gasteiger partial charge on any atom is -0.357 e. The molecule has 6 unspecified atom stereocenters. The first kappa shape index (κ1) is 26.9. The zero-order chi connectivity index (χ0) is 25.2.